The molecule has 0 saturated carbocycles. The Morgan fingerprint density at radius 2 is 2.16 bits per heavy atom. The third kappa shape index (κ3) is 4.94. The number of rotatable bonds is 4. The van der Waals surface area contributed by atoms with E-state index in [9.17, 15) is 12.8 Å². The van der Waals surface area contributed by atoms with Crippen molar-refractivity contribution in [2.45, 2.75) is 31.9 Å². The Balaban J connectivity index is 2.07. The van der Waals surface area contributed by atoms with Crippen LogP contribution in [0.1, 0.15) is 26.3 Å². The van der Waals surface area contributed by atoms with Crippen LogP contribution < -0.4 is 5.32 Å². The van der Waals surface area contributed by atoms with Gasteiger partial charge in [-0.05, 0) is 60.8 Å². The van der Waals surface area contributed by atoms with Crippen LogP contribution >= 0.6 is 15.9 Å². The Hall–Kier alpha value is -1.15. The summed E-state index contributed by atoms with van der Waals surface area (Å²) >= 11 is 3.19. The van der Waals surface area contributed by atoms with Gasteiger partial charge in [-0.15, -0.1) is 0 Å². The second-order valence-corrected chi connectivity index (χ2v) is 10.3. The molecule has 0 bridgehead atoms. The molecule has 1 aromatic rings. The van der Waals surface area contributed by atoms with Gasteiger partial charge in [-0.2, -0.15) is 0 Å². The summed E-state index contributed by atoms with van der Waals surface area (Å²) in [5.41, 5.74) is 0.995. The largest absolute Gasteiger partial charge is 0.357 e. The number of nitrogens with one attached hydrogen (secondary N) is 1. The molecule has 1 fully saturated rings. The molecule has 1 aliphatic rings. The Morgan fingerprint density at radius 3 is 2.76 bits per heavy atom. The number of benzene rings is 1. The predicted molar refractivity (Wildman–Crippen MR) is 103 cm³/mol. The minimum atomic E-state index is -3.08. The van der Waals surface area contributed by atoms with Gasteiger partial charge in [0.1, 0.15) is 5.82 Å². The number of halogens is 2. The van der Waals surface area contributed by atoms with Gasteiger partial charge in [0.25, 0.3) is 0 Å². The molecule has 0 amide bonds. The normalized spacial score (nSPS) is 19.7. The van der Waals surface area contributed by atoms with Crippen LogP contribution in [0, 0.1) is 5.82 Å². The molecule has 8 heteroatoms. The van der Waals surface area contributed by atoms with Crippen LogP contribution in [0.25, 0.3) is 0 Å². The van der Waals surface area contributed by atoms with E-state index in [0.29, 0.717) is 37.1 Å². The Morgan fingerprint density at radius 1 is 1.44 bits per heavy atom. The maximum absolute atomic E-state index is 13.3. The molecule has 1 N–H and O–H groups in total. The van der Waals surface area contributed by atoms with Crippen LogP contribution in [0.3, 0.4) is 0 Å². The van der Waals surface area contributed by atoms with Gasteiger partial charge in [0, 0.05) is 26.2 Å². The summed E-state index contributed by atoms with van der Waals surface area (Å²) < 4.78 is 37.3. The second-order valence-electron chi connectivity index (χ2n) is 6.73. The standard InChI is InChI=1S/C17H25BrFN3O2S/c1-4-20-16(22-9-10-25(23,24)17(2,3)12-22)21-8-7-13-5-6-15(19)14(18)11-13/h5-6,11H,4,7-10,12H2,1-3H3,(H,20,21). The van der Waals surface area contributed by atoms with Gasteiger partial charge >= 0.3 is 0 Å². The minimum absolute atomic E-state index is 0.134. The molecular formula is C17H25BrFN3O2S. The summed E-state index contributed by atoms with van der Waals surface area (Å²) in [6.45, 7) is 7.62. The van der Waals surface area contributed by atoms with Gasteiger partial charge < -0.3 is 10.2 Å². The Bertz CT molecular complexity index is 750. The highest BCUT2D eigenvalue weighted by Crippen LogP contribution is 2.23. The molecule has 5 nitrogen and oxygen atoms in total. The number of sulfone groups is 1. The highest BCUT2D eigenvalue weighted by atomic mass is 79.9. The lowest BCUT2D eigenvalue weighted by Crippen LogP contribution is -2.57. The van der Waals surface area contributed by atoms with Gasteiger partial charge in [-0.1, -0.05) is 6.07 Å². The molecule has 0 aliphatic carbocycles. The highest BCUT2D eigenvalue weighted by Gasteiger charge is 2.40. The Kier molecular flexibility index (Phi) is 6.48. The van der Waals surface area contributed by atoms with Gasteiger partial charge in [0.2, 0.25) is 0 Å². The van der Waals surface area contributed by atoms with Gasteiger partial charge in [0.05, 0.1) is 15.0 Å². The molecule has 1 saturated heterocycles. The number of hydrogen-bond acceptors (Lipinski definition) is 3. The smallest absolute Gasteiger partial charge is 0.194 e. The van der Waals surface area contributed by atoms with Crippen LogP contribution in [0.15, 0.2) is 27.7 Å². The number of nitrogens with zero attached hydrogens (tertiary/aromatic N) is 2. The summed E-state index contributed by atoms with van der Waals surface area (Å²) in [7, 11) is -3.08. The molecule has 0 aromatic heterocycles. The van der Waals surface area contributed by atoms with Crippen LogP contribution in [-0.4, -0.2) is 56.0 Å². The van der Waals surface area contributed by atoms with Crippen LogP contribution in [0.4, 0.5) is 4.39 Å². The van der Waals surface area contributed by atoms with Gasteiger partial charge in [-0.25, -0.2) is 12.8 Å². The zero-order chi connectivity index (χ0) is 18.7. The van der Waals surface area contributed by atoms with Crippen molar-refractivity contribution < 1.29 is 12.8 Å². The van der Waals surface area contributed by atoms with Crippen LogP contribution in [0.2, 0.25) is 0 Å². The fourth-order valence-corrected chi connectivity index (χ4v) is 4.53. The van der Waals surface area contributed by atoms with Gasteiger partial charge in [0.15, 0.2) is 15.8 Å². The first-order chi connectivity index (χ1) is 11.7. The monoisotopic (exact) mass is 433 g/mol. The maximum Gasteiger partial charge on any atom is 0.194 e. The van der Waals surface area contributed by atoms with Crippen molar-refractivity contribution in [2.75, 3.05) is 31.9 Å². The third-order valence-electron chi connectivity index (χ3n) is 4.32. The highest BCUT2D eigenvalue weighted by molar-refractivity contribution is 9.10. The predicted octanol–water partition coefficient (Wildman–Crippen LogP) is 2.61. The first kappa shape index (κ1) is 20.2. The van der Waals surface area contributed by atoms with Gasteiger partial charge in [-0.3, -0.25) is 4.99 Å². The Labute approximate surface area is 157 Å². The maximum atomic E-state index is 13.3. The van der Waals surface area contributed by atoms with E-state index in [-0.39, 0.29) is 11.6 Å². The number of aliphatic imine (C=N–C) groups is 1. The number of hydrogen-bond donors (Lipinski definition) is 1. The molecule has 1 aromatic carbocycles. The van der Waals surface area contributed by atoms with E-state index in [1.165, 1.54) is 6.07 Å². The van der Waals surface area contributed by atoms with Crippen molar-refractivity contribution >= 4 is 31.7 Å². The van der Waals surface area contributed by atoms with Crippen LogP contribution in [0.5, 0.6) is 0 Å². The van der Waals surface area contributed by atoms with Crippen molar-refractivity contribution in [3.63, 3.8) is 0 Å². The average Bonchev–Trinajstić information content (AvgIpc) is 2.53. The summed E-state index contributed by atoms with van der Waals surface area (Å²) in [5.74, 6) is 0.582. The molecule has 0 unspecified atom stereocenters. The van der Waals surface area contributed by atoms with E-state index in [4.69, 9.17) is 0 Å². The van der Waals surface area contributed by atoms with Crippen molar-refractivity contribution in [1.82, 2.24) is 10.2 Å². The zero-order valence-corrected chi connectivity index (χ0v) is 17.3. The van der Waals surface area contributed by atoms with E-state index >= 15 is 0 Å². The molecule has 2 rings (SSSR count). The summed E-state index contributed by atoms with van der Waals surface area (Å²) in [6.07, 6.45) is 0.684. The summed E-state index contributed by atoms with van der Waals surface area (Å²) in [6, 6.07) is 4.94. The minimum Gasteiger partial charge on any atom is -0.357 e. The molecule has 0 atom stereocenters. The first-order valence-corrected chi connectivity index (χ1v) is 10.8. The van der Waals surface area contributed by atoms with E-state index < -0.39 is 14.6 Å². The lowest BCUT2D eigenvalue weighted by atomic mass is 10.1. The molecule has 0 spiro atoms. The van der Waals surface area contributed by atoms with E-state index in [1.807, 2.05) is 11.8 Å². The SMILES string of the molecule is CCNC(=NCCc1ccc(F)c(Br)c1)N1CCS(=O)(=O)C(C)(C)C1. The fourth-order valence-electron chi connectivity index (χ4n) is 2.74. The average molecular weight is 434 g/mol. The zero-order valence-electron chi connectivity index (χ0n) is 14.8. The lowest BCUT2D eigenvalue weighted by molar-refractivity contribution is 0.353. The lowest BCUT2D eigenvalue weighted by Gasteiger charge is -2.39. The van der Waals surface area contributed by atoms with Crippen LogP contribution in [-0.2, 0) is 16.3 Å². The fraction of sp³-hybridized carbons (Fsp3) is 0.588. The molecular weight excluding hydrogens is 409 g/mol. The molecule has 25 heavy (non-hydrogen) atoms. The van der Waals surface area contributed by atoms with Crippen molar-refractivity contribution in [3.05, 3.63) is 34.1 Å². The third-order valence-corrected chi connectivity index (χ3v) is 7.46. The quantitative estimate of drug-likeness (QED) is 0.585. The molecule has 0 radical (unpaired) electrons. The summed E-state index contributed by atoms with van der Waals surface area (Å²) in [4.78, 5) is 6.63. The van der Waals surface area contributed by atoms with Crippen molar-refractivity contribution in [3.8, 4) is 0 Å². The molecule has 140 valence electrons. The van der Waals surface area contributed by atoms with Crippen molar-refractivity contribution in [2.24, 2.45) is 4.99 Å². The first-order valence-electron chi connectivity index (χ1n) is 8.36. The van der Waals surface area contributed by atoms with E-state index in [2.05, 4.69) is 26.2 Å². The number of guanidine groups is 1. The summed E-state index contributed by atoms with van der Waals surface area (Å²) in [5, 5.41) is 3.24. The van der Waals surface area contributed by atoms with Crippen molar-refractivity contribution in [1.29, 1.82) is 0 Å². The topological polar surface area (TPSA) is 61.8 Å². The van der Waals surface area contributed by atoms with E-state index in [0.717, 1.165) is 11.5 Å². The second kappa shape index (κ2) is 8.03. The molecule has 1 aliphatic heterocycles. The molecule has 1 heterocycles. The van der Waals surface area contributed by atoms with E-state index in [1.54, 1.807) is 26.0 Å².